The van der Waals surface area contributed by atoms with Crippen LogP contribution in [-0.2, 0) is 9.59 Å². The van der Waals surface area contributed by atoms with E-state index in [0.29, 0.717) is 22.8 Å². The molecule has 2 aliphatic rings. The lowest BCUT2D eigenvalue weighted by Crippen LogP contribution is -2.44. The number of likely N-dealkylation sites (tertiary alicyclic amines) is 1. The van der Waals surface area contributed by atoms with E-state index in [1.165, 1.54) is 0 Å². The monoisotopic (exact) mass is 331 g/mol. The molecule has 1 aliphatic carbocycles. The number of rotatable bonds is 3. The van der Waals surface area contributed by atoms with Crippen molar-refractivity contribution in [1.82, 2.24) is 4.90 Å². The summed E-state index contributed by atoms with van der Waals surface area (Å²) in [5, 5.41) is 12.0. The molecule has 2 amide bonds. The Labute approximate surface area is 140 Å². The molecular weight excluding hydrogens is 314 g/mol. The van der Waals surface area contributed by atoms with Crippen LogP contribution in [0.15, 0.2) is 18.2 Å². The van der Waals surface area contributed by atoms with Gasteiger partial charge in [0.15, 0.2) is 0 Å². The highest BCUT2D eigenvalue weighted by atomic mass is 35.5. The van der Waals surface area contributed by atoms with Crippen LogP contribution in [0.5, 0.6) is 0 Å². The Morgan fingerprint density at radius 1 is 1.26 bits per heavy atom. The topological polar surface area (TPSA) is 73.2 Å². The second-order valence-electron chi connectivity index (χ2n) is 6.19. The highest BCUT2D eigenvalue weighted by Crippen LogP contribution is 2.32. The largest absolute Gasteiger partial charge is 0.342 e. The Kier molecular flexibility index (Phi) is 4.53. The smallest absolute Gasteiger partial charge is 0.229 e. The second-order valence-corrected chi connectivity index (χ2v) is 6.60. The van der Waals surface area contributed by atoms with Crippen molar-refractivity contribution in [2.24, 2.45) is 11.8 Å². The molecule has 1 atom stereocenters. The lowest BCUT2D eigenvalue weighted by atomic mass is 9.96. The Morgan fingerprint density at radius 3 is 2.70 bits per heavy atom. The van der Waals surface area contributed by atoms with Gasteiger partial charge >= 0.3 is 0 Å². The van der Waals surface area contributed by atoms with Crippen LogP contribution in [0.25, 0.3) is 0 Å². The van der Waals surface area contributed by atoms with Gasteiger partial charge in [-0.15, -0.1) is 0 Å². The first-order valence-corrected chi connectivity index (χ1v) is 8.25. The van der Waals surface area contributed by atoms with E-state index in [4.69, 9.17) is 16.9 Å². The van der Waals surface area contributed by atoms with Gasteiger partial charge in [-0.1, -0.05) is 11.6 Å². The average Bonchev–Trinajstić information content (AvgIpc) is 3.39. The molecule has 1 unspecified atom stereocenters. The van der Waals surface area contributed by atoms with Crippen LogP contribution in [0, 0.1) is 23.2 Å². The number of nitrogens with zero attached hydrogens (tertiary/aromatic N) is 2. The number of amides is 2. The third-order valence-electron chi connectivity index (χ3n) is 4.39. The zero-order valence-corrected chi connectivity index (χ0v) is 13.5. The van der Waals surface area contributed by atoms with Crippen molar-refractivity contribution >= 4 is 29.1 Å². The maximum atomic E-state index is 12.4. The minimum atomic E-state index is -0.194. The zero-order chi connectivity index (χ0) is 16.4. The van der Waals surface area contributed by atoms with Gasteiger partial charge in [0, 0.05) is 24.7 Å². The van der Waals surface area contributed by atoms with Crippen molar-refractivity contribution in [2.45, 2.75) is 25.7 Å². The predicted molar refractivity (Wildman–Crippen MR) is 86.8 cm³/mol. The van der Waals surface area contributed by atoms with Crippen molar-refractivity contribution in [3.63, 3.8) is 0 Å². The minimum absolute atomic E-state index is 0.0981. The minimum Gasteiger partial charge on any atom is -0.342 e. The number of hydrogen-bond acceptors (Lipinski definition) is 3. The first-order chi connectivity index (χ1) is 11.1. The van der Waals surface area contributed by atoms with E-state index < -0.39 is 0 Å². The van der Waals surface area contributed by atoms with Crippen LogP contribution in [0.3, 0.4) is 0 Å². The van der Waals surface area contributed by atoms with Gasteiger partial charge in [0.05, 0.1) is 16.5 Å². The van der Waals surface area contributed by atoms with E-state index in [-0.39, 0.29) is 23.7 Å². The van der Waals surface area contributed by atoms with E-state index >= 15 is 0 Å². The van der Waals surface area contributed by atoms with Gasteiger partial charge in [0.2, 0.25) is 11.8 Å². The molecule has 1 N–H and O–H groups in total. The van der Waals surface area contributed by atoms with Crippen LogP contribution in [0.2, 0.25) is 5.02 Å². The van der Waals surface area contributed by atoms with Gasteiger partial charge in [-0.05, 0) is 43.9 Å². The van der Waals surface area contributed by atoms with Gasteiger partial charge in [-0.3, -0.25) is 9.59 Å². The number of anilines is 1. The van der Waals surface area contributed by atoms with E-state index in [1.54, 1.807) is 18.2 Å². The molecule has 1 aromatic rings. The molecule has 6 heteroatoms. The van der Waals surface area contributed by atoms with E-state index in [0.717, 1.165) is 32.2 Å². The molecule has 1 saturated carbocycles. The highest BCUT2D eigenvalue weighted by Gasteiger charge is 2.36. The average molecular weight is 332 g/mol. The van der Waals surface area contributed by atoms with Gasteiger partial charge in [-0.25, -0.2) is 0 Å². The second kappa shape index (κ2) is 6.59. The maximum absolute atomic E-state index is 12.4. The molecule has 23 heavy (non-hydrogen) atoms. The fraction of sp³-hybridized carbons (Fsp3) is 0.471. The van der Waals surface area contributed by atoms with Crippen LogP contribution in [0.1, 0.15) is 31.2 Å². The number of benzene rings is 1. The number of nitrogens with one attached hydrogen (secondary N) is 1. The summed E-state index contributed by atoms with van der Waals surface area (Å²) in [4.78, 5) is 26.4. The molecule has 2 fully saturated rings. The fourth-order valence-corrected chi connectivity index (χ4v) is 3.13. The molecule has 5 nitrogen and oxygen atoms in total. The van der Waals surface area contributed by atoms with Crippen molar-refractivity contribution in [2.75, 3.05) is 18.4 Å². The van der Waals surface area contributed by atoms with Crippen LogP contribution in [-0.4, -0.2) is 29.8 Å². The summed E-state index contributed by atoms with van der Waals surface area (Å²) in [6, 6.07) is 6.81. The lowest BCUT2D eigenvalue weighted by Gasteiger charge is -2.32. The molecule has 1 aromatic carbocycles. The van der Waals surface area contributed by atoms with Crippen LogP contribution >= 0.6 is 11.6 Å². The summed E-state index contributed by atoms with van der Waals surface area (Å²) in [7, 11) is 0. The number of piperidine rings is 1. The number of hydrogen-bond donors (Lipinski definition) is 1. The zero-order valence-electron chi connectivity index (χ0n) is 12.7. The van der Waals surface area contributed by atoms with E-state index in [1.807, 2.05) is 11.0 Å². The third-order valence-corrected chi connectivity index (χ3v) is 4.70. The number of carbonyl (C=O) groups excluding carboxylic acids is 2. The fourth-order valence-electron chi connectivity index (χ4n) is 2.91. The molecule has 0 radical (unpaired) electrons. The Balaban J connectivity index is 1.62. The van der Waals surface area contributed by atoms with Crippen LogP contribution in [0.4, 0.5) is 5.69 Å². The van der Waals surface area contributed by atoms with E-state index in [9.17, 15) is 9.59 Å². The molecule has 1 heterocycles. The van der Waals surface area contributed by atoms with Crippen molar-refractivity contribution in [1.29, 1.82) is 5.26 Å². The van der Waals surface area contributed by atoms with Gasteiger partial charge in [0.1, 0.15) is 6.07 Å². The first-order valence-electron chi connectivity index (χ1n) is 7.88. The summed E-state index contributed by atoms with van der Waals surface area (Å²) in [6.45, 7) is 1.24. The van der Waals surface area contributed by atoms with Gasteiger partial charge in [-0.2, -0.15) is 5.26 Å². The molecule has 120 valence electrons. The Hall–Kier alpha value is -2.06. The van der Waals surface area contributed by atoms with Gasteiger partial charge < -0.3 is 10.2 Å². The maximum Gasteiger partial charge on any atom is 0.229 e. The summed E-state index contributed by atoms with van der Waals surface area (Å²) >= 11 is 5.98. The molecule has 0 bridgehead atoms. The number of nitriles is 1. The Bertz CT molecular complexity index is 679. The standard InChI is InChI=1S/C17H18ClN3O2/c18-15-8-14(6-5-12(15)9-19)20-16(22)13-2-1-7-21(10-13)17(23)11-3-4-11/h5-6,8,11,13H,1-4,7,10H2,(H,20,22). The lowest BCUT2D eigenvalue weighted by molar-refractivity contribution is -0.135. The summed E-state index contributed by atoms with van der Waals surface area (Å²) < 4.78 is 0. The summed E-state index contributed by atoms with van der Waals surface area (Å²) in [5.41, 5.74) is 0.952. The molecular formula is C17H18ClN3O2. The third kappa shape index (κ3) is 3.65. The number of halogens is 1. The number of carbonyl (C=O) groups is 2. The van der Waals surface area contributed by atoms with E-state index in [2.05, 4.69) is 5.32 Å². The highest BCUT2D eigenvalue weighted by molar-refractivity contribution is 6.32. The normalized spacial score (nSPS) is 20.7. The molecule has 1 saturated heterocycles. The molecule has 0 aromatic heterocycles. The van der Waals surface area contributed by atoms with Gasteiger partial charge in [0.25, 0.3) is 0 Å². The summed E-state index contributed by atoms with van der Waals surface area (Å²) in [5.74, 6) is 0.0954. The van der Waals surface area contributed by atoms with Crippen molar-refractivity contribution < 1.29 is 9.59 Å². The predicted octanol–water partition coefficient (Wildman–Crippen LogP) is 2.80. The quantitative estimate of drug-likeness (QED) is 0.925. The SMILES string of the molecule is N#Cc1ccc(NC(=O)C2CCCN(C(=O)C3CC3)C2)cc1Cl. The first kappa shape index (κ1) is 15.8. The molecule has 3 rings (SSSR count). The van der Waals surface area contributed by atoms with Crippen molar-refractivity contribution in [3.8, 4) is 6.07 Å². The molecule has 1 aliphatic heterocycles. The Morgan fingerprint density at radius 2 is 2.04 bits per heavy atom. The van der Waals surface area contributed by atoms with Crippen molar-refractivity contribution in [3.05, 3.63) is 28.8 Å². The summed E-state index contributed by atoms with van der Waals surface area (Å²) in [6.07, 6.45) is 3.60. The molecule has 0 spiro atoms. The van der Waals surface area contributed by atoms with Crippen LogP contribution < -0.4 is 5.32 Å².